The van der Waals surface area contributed by atoms with Crippen LogP contribution in [-0.4, -0.2) is 38.0 Å². The summed E-state index contributed by atoms with van der Waals surface area (Å²) in [7, 11) is 0. The third-order valence-corrected chi connectivity index (χ3v) is 2.60. The third kappa shape index (κ3) is 6.44. The van der Waals surface area contributed by atoms with Gasteiger partial charge in [0.2, 0.25) is 0 Å². The minimum atomic E-state index is -0.302. The van der Waals surface area contributed by atoms with Crippen LogP contribution in [0.4, 0.5) is 0 Å². The summed E-state index contributed by atoms with van der Waals surface area (Å²) in [4.78, 5) is 11.3. The van der Waals surface area contributed by atoms with E-state index < -0.39 is 0 Å². The first-order valence-electron chi connectivity index (χ1n) is 6.19. The quantitative estimate of drug-likeness (QED) is 0.269. The molecule has 0 amide bonds. The lowest BCUT2D eigenvalue weighted by atomic mass is 10.1. The predicted molar refractivity (Wildman–Crippen MR) is 64.8 cm³/mol. The fourth-order valence-corrected chi connectivity index (χ4v) is 1.39. The molecule has 2 atom stereocenters. The van der Waals surface area contributed by atoms with Gasteiger partial charge in [0.25, 0.3) is 0 Å². The second-order valence-corrected chi connectivity index (χ2v) is 4.39. The van der Waals surface area contributed by atoms with Gasteiger partial charge in [-0.2, -0.15) is 0 Å². The Bertz CT molecular complexity index is 258. The second-order valence-electron chi connectivity index (χ2n) is 4.39. The van der Waals surface area contributed by atoms with Gasteiger partial charge < -0.3 is 14.2 Å². The Balaban J connectivity index is 2.04. The van der Waals surface area contributed by atoms with Crippen LogP contribution in [0, 0.1) is 0 Å². The van der Waals surface area contributed by atoms with Gasteiger partial charge in [0, 0.05) is 12.2 Å². The van der Waals surface area contributed by atoms with Crippen LogP contribution in [0.5, 0.6) is 0 Å². The molecule has 0 N–H and O–H groups in total. The van der Waals surface area contributed by atoms with Gasteiger partial charge in [-0.1, -0.05) is 13.5 Å². The highest BCUT2D eigenvalue weighted by Gasteiger charge is 2.22. The van der Waals surface area contributed by atoms with Gasteiger partial charge in [0.1, 0.15) is 12.2 Å². The van der Waals surface area contributed by atoms with Crippen molar-refractivity contribution in [2.24, 2.45) is 0 Å². The average Bonchev–Trinajstić information content (AvgIpc) is 3.10. The number of rotatable bonds is 9. The van der Waals surface area contributed by atoms with Crippen molar-refractivity contribution in [3.63, 3.8) is 0 Å². The van der Waals surface area contributed by atoms with E-state index in [4.69, 9.17) is 14.2 Å². The molecule has 1 saturated heterocycles. The Morgan fingerprint density at radius 3 is 2.82 bits per heavy atom. The highest BCUT2D eigenvalue weighted by atomic mass is 16.6. The highest BCUT2D eigenvalue weighted by molar-refractivity contribution is 5.87. The molecule has 1 fully saturated rings. The average molecular weight is 242 g/mol. The summed E-state index contributed by atoms with van der Waals surface area (Å²) in [6.07, 6.45) is 2.85. The number of carbonyl (C=O) groups excluding carboxylic acids is 1. The van der Waals surface area contributed by atoms with Crippen LogP contribution in [0.1, 0.15) is 33.1 Å². The van der Waals surface area contributed by atoms with E-state index >= 15 is 0 Å². The van der Waals surface area contributed by atoms with Crippen LogP contribution in [0.2, 0.25) is 0 Å². The number of ether oxygens (including phenoxy) is 3. The number of esters is 1. The highest BCUT2D eigenvalue weighted by Crippen LogP contribution is 2.11. The third-order valence-electron chi connectivity index (χ3n) is 2.60. The molecule has 1 heterocycles. The van der Waals surface area contributed by atoms with E-state index in [-0.39, 0.29) is 12.1 Å². The summed E-state index contributed by atoms with van der Waals surface area (Å²) in [5.41, 5.74) is 0.450. The lowest BCUT2D eigenvalue weighted by Crippen LogP contribution is -2.18. The van der Waals surface area contributed by atoms with Crippen molar-refractivity contribution >= 4 is 5.97 Å². The van der Waals surface area contributed by atoms with Gasteiger partial charge >= 0.3 is 5.97 Å². The maximum absolute atomic E-state index is 11.3. The molecule has 1 aliphatic rings. The molecule has 17 heavy (non-hydrogen) atoms. The van der Waals surface area contributed by atoms with E-state index in [1.165, 1.54) is 0 Å². The van der Waals surface area contributed by atoms with Crippen molar-refractivity contribution in [2.45, 2.75) is 45.3 Å². The van der Waals surface area contributed by atoms with Crippen molar-refractivity contribution in [3.8, 4) is 0 Å². The van der Waals surface area contributed by atoms with Gasteiger partial charge in [0.05, 0.1) is 13.2 Å². The molecule has 0 bridgehead atoms. The molecule has 1 rings (SSSR count). The molecule has 4 heteroatoms. The molecule has 98 valence electrons. The molecule has 0 aromatic rings. The number of hydrogen-bond acceptors (Lipinski definition) is 4. The standard InChI is InChI=1S/C13H22O4/c1-4-11(17-13(14)10(2)3)6-5-7-15-8-12-9-16-12/h11-12H,2,4-9H2,1,3H3. The summed E-state index contributed by atoms with van der Waals surface area (Å²) in [6, 6.07) is 0. The summed E-state index contributed by atoms with van der Waals surface area (Å²) < 4.78 is 15.7. The largest absolute Gasteiger partial charge is 0.459 e. The van der Waals surface area contributed by atoms with Crippen LogP contribution >= 0.6 is 0 Å². The SMILES string of the molecule is C=C(C)C(=O)OC(CC)CCCOCC1CO1. The summed E-state index contributed by atoms with van der Waals surface area (Å²) in [6.45, 7) is 9.44. The van der Waals surface area contributed by atoms with Crippen LogP contribution < -0.4 is 0 Å². The Labute approximate surface area is 103 Å². The zero-order chi connectivity index (χ0) is 12.7. The van der Waals surface area contributed by atoms with E-state index in [1.54, 1.807) is 6.92 Å². The van der Waals surface area contributed by atoms with Gasteiger partial charge in [-0.25, -0.2) is 4.79 Å². The van der Waals surface area contributed by atoms with Gasteiger partial charge in [-0.15, -0.1) is 0 Å². The number of epoxide rings is 1. The maximum atomic E-state index is 11.3. The number of carbonyl (C=O) groups is 1. The first-order valence-corrected chi connectivity index (χ1v) is 6.19. The van der Waals surface area contributed by atoms with Crippen LogP contribution in [0.25, 0.3) is 0 Å². The lowest BCUT2D eigenvalue weighted by molar-refractivity contribution is -0.144. The van der Waals surface area contributed by atoms with E-state index in [2.05, 4.69) is 6.58 Å². The summed E-state index contributed by atoms with van der Waals surface area (Å²) in [5, 5.41) is 0. The van der Waals surface area contributed by atoms with E-state index in [0.717, 1.165) is 25.9 Å². The van der Waals surface area contributed by atoms with Crippen molar-refractivity contribution in [3.05, 3.63) is 12.2 Å². The molecule has 0 aromatic heterocycles. The Morgan fingerprint density at radius 1 is 1.59 bits per heavy atom. The summed E-state index contributed by atoms with van der Waals surface area (Å²) in [5.74, 6) is -0.302. The van der Waals surface area contributed by atoms with Gasteiger partial charge in [0.15, 0.2) is 0 Å². The molecule has 0 saturated carbocycles. The van der Waals surface area contributed by atoms with Crippen molar-refractivity contribution < 1.29 is 19.0 Å². The summed E-state index contributed by atoms with van der Waals surface area (Å²) >= 11 is 0. The van der Waals surface area contributed by atoms with Crippen LogP contribution in [-0.2, 0) is 19.0 Å². The lowest BCUT2D eigenvalue weighted by Gasteiger charge is -2.16. The number of hydrogen-bond donors (Lipinski definition) is 0. The zero-order valence-electron chi connectivity index (χ0n) is 10.7. The Kier molecular flexibility index (Phi) is 6.22. The molecule has 0 aliphatic carbocycles. The van der Waals surface area contributed by atoms with Crippen molar-refractivity contribution in [2.75, 3.05) is 19.8 Å². The normalized spacial score (nSPS) is 19.8. The Morgan fingerprint density at radius 2 is 2.29 bits per heavy atom. The van der Waals surface area contributed by atoms with Crippen LogP contribution in [0.3, 0.4) is 0 Å². The molecule has 0 spiro atoms. The smallest absolute Gasteiger partial charge is 0.333 e. The fraction of sp³-hybridized carbons (Fsp3) is 0.769. The maximum Gasteiger partial charge on any atom is 0.333 e. The molecule has 4 nitrogen and oxygen atoms in total. The van der Waals surface area contributed by atoms with Gasteiger partial charge in [-0.3, -0.25) is 0 Å². The predicted octanol–water partition coefficient (Wildman–Crippen LogP) is 2.08. The monoisotopic (exact) mass is 242 g/mol. The second kappa shape index (κ2) is 7.45. The molecular weight excluding hydrogens is 220 g/mol. The molecule has 0 aromatic carbocycles. The minimum absolute atomic E-state index is 0.0278. The zero-order valence-corrected chi connectivity index (χ0v) is 10.7. The van der Waals surface area contributed by atoms with Crippen molar-refractivity contribution in [1.82, 2.24) is 0 Å². The van der Waals surface area contributed by atoms with Crippen LogP contribution in [0.15, 0.2) is 12.2 Å². The van der Waals surface area contributed by atoms with E-state index in [1.807, 2.05) is 6.92 Å². The fourth-order valence-electron chi connectivity index (χ4n) is 1.39. The van der Waals surface area contributed by atoms with Crippen molar-refractivity contribution in [1.29, 1.82) is 0 Å². The van der Waals surface area contributed by atoms with Gasteiger partial charge in [-0.05, 0) is 26.2 Å². The van der Waals surface area contributed by atoms with E-state index in [0.29, 0.717) is 24.9 Å². The molecule has 1 aliphatic heterocycles. The molecule has 2 unspecified atom stereocenters. The minimum Gasteiger partial charge on any atom is -0.459 e. The Hall–Kier alpha value is -0.870. The molecule has 0 radical (unpaired) electrons. The van der Waals surface area contributed by atoms with E-state index in [9.17, 15) is 4.79 Å². The molecular formula is C13H22O4. The first-order chi connectivity index (χ1) is 8.13. The topological polar surface area (TPSA) is 48.1 Å². The first kappa shape index (κ1) is 14.2.